The largest absolute Gasteiger partial charge is 0.456 e. The van der Waals surface area contributed by atoms with Gasteiger partial charge in [-0.05, 0) is 112 Å². The molecule has 0 spiro atoms. The highest BCUT2D eigenvalue weighted by atomic mass is 16.3. The zero-order chi connectivity index (χ0) is 41.2. The Morgan fingerprint density at radius 1 is 0.468 bits per heavy atom. The Kier molecular flexibility index (Phi) is 8.74. The van der Waals surface area contributed by atoms with Gasteiger partial charge >= 0.3 is 0 Å². The molecule has 0 radical (unpaired) electrons. The fourth-order valence-corrected chi connectivity index (χ4v) is 11.2. The third-order valence-electron chi connectivity index (χ3n) is 14.2. The van der Waals surface area contributed by atoms with Crippen molar-refractivity contribution in [3.8, 4) is 33.4 Å². The first-order chi connectivity index (χ1) is 30.7. The molecule has 1 unspecified atom stereocenters. The summed E-state index contributed by atoms with van der Waals surface area (Å²) in [6.07, 6.45) is 6.43. The van der Waals surface area contributed by atoms with Crippen molar-refractivity contribution in [3.05, 3.63) is 222 Å². The Labute approximate surface area is 363 Å². The van der Waals surface area contributed by atoms with Crippen LogP contribution in [0.25, 0.3) is 66.1 Å². The molecule has 62 heavy (non-hydrogen) atoms. The number of anilines is 3. The van der Waals surface area contributed by atoms with E-state index in [1.807, 2.05) is 6.07 Å². The van der Waals surface area contributed by atoms with Crippen molar-refractivity contribution in [2.45, 2.75) is 50.4 Å². The van der Waals surface area contributed by atoms with Gasteiger partial charge in [-0.15, -0.1) is 0 Å². The number of hydrogen-bond acceptors (Lipinski definition) is 2. The van der Waals surface area contributed by atoms with Gasteiger partial charge in [-0.1, -0.05) is 183 Å². The fraction of sp³-hybridized carbons (Fsp3) is 0.133. The Bertz CT molecular complexity index is 3310. The molecule has 9 aromatic carbocycles. The minimum absolute atomic E-state index is 0.342. The number of para-hydroxylation sites is 3. The van der Waals surface area contributed by atoms with Crippen LogP contribution in [-0.2, 0) is 5.41 Å². The lowest BCUT2D eigenvalue weighted by Crippen LogP contribution is -2.22. The molecule has 1 heterocycles. The Balaban J connectivity index is 1.15. The molecule has 12 rings (SSSR count). The van der Waals surface area contributed by atoms with Crippen molar-refractivity contribution in [1.82, 2.24) is 0 Å². The van der Waals surface area contributed by atoms with Crippen LogP contribution in [-0.4, -0.2) is 0 Å². The number of fused-ring (bicyclic) bond motifs is 7. The van der Waals surface area contributed by atoms with E-state index in [0.29, 0.717) is 5.92 Å². The lowest BCUT2D eigenvalue weighted by Gasteiger charge is -2.33. The summed E-state index contributed by atoms with van der Waals surface area (Å²) >= 11 is 0. The molecule has 1 saturated carbocycles. The normalized spacial score (nSPS) is 16.1. The van der Waals surface area contributed by atoms with Crippen LogP contribution >= 0.6 is 0 Å². The third-order valence-corrected chi connectivity index (χ3v) is 14.2. The molecule has 2 aliphatic rings. The quantitative estimate of drug-likeness (QED) is 0.160. The van der Waals surface area contributed by atoms with Crippen LogP contribution in [0.3, 0.4) is 0 Å². The van der Waals surface area contributed by atoms with E-state index in [-0.39, 0.29) is 5.41 Å². The van der Waals surface area contributed by atoms with Gasteiger partial charge in [0.25, 0.3) is 0 Å². The summed E-state index contributed by atoms with van der Waals surface area (Å²) in [7, 11) is 0. The van der Waals surface area contributed by atoms with Gasteiger partial charge in [-0.2, -0.15) is 0 Å². The van der Waals surface area contributed by atoms with Crippen LogP contribution in [0.1, 0.15) is 67.2 Å². The third kappa shape index (κ3) is 5.70. The van der Waals surface area contributed by atoms with Crippen molar-refractivity contribution in [2.75, 3.05) is 4.90 Å². The van der Waals surface area contributed by atoms with Gasteiger partial charge in [-0.3, -0.25) is 0 Å². The van der Waals surface area contributed by atoms with E-state index in [2.05, 4.69) is 206 Å². The first-order valence-corrected chi connectivity index (χ1v) is 22.4. The highest BCUT2D eigenvalue weighted by molar-refractivity contribution is 6.08. The van der Waals surface area contributed by atoms with E-state index in [9.17, 15) is 0 Å². The second-order valence-corrected chi connectivity index (χ2v) is 17.5. The summed E-state index contributed by atoms with van der Waals surface area (Å²) < 4.78 is 6.51. The number of furan rings is 1. The van der Waals surface area contributed by atoms with Crippen LogP contribution < -0.4 is 4.90 Å². The minimum atomic E-state index is -0.342. The number of rotatable bonds is 7. The molecule has 0 aliphatic heterocycles. The average Bonchev–Trinajstić information content (AvgIpc) is 3.85. The molecule has 2 heteroatoms. The Morgan fingerprint density at radius 3 is 1.92 bits per heavy atom. The average molecular weight is 798 g/mol. The SMILES string of the molecule is CC1(c2ccccc2)c2ccccc2-c2c(N(c3ccccc3-c3ccc4c(c3)oc3ccccc34)c3ccccc3-c3cccc4cccc(C5CCCCC5)c34)cccc21. The topological polar surface area (TPSA) is 16.4 Å². The van der Waals surface area contributed by atoms with Crippen molar-refractivity contribution >= 4 is 49.8 Å². The smallest absolute Gasteiger partial charge is 0.136 e. The van der Waals surface area contributed by atoms with Crippen LogP contribution in [0.2, 0.25) is 0 Å². The summed E-state index contributed by atoms with van der Waals surface area (Å²) in [5, 5.41) is 4.96. The summed E-state index contributed by atoms with van der Waals surface area (Å²) in [6.45, 7) is 2.41. The molecule has 1 fully saturated rings. The Hall–Kier alpha value is -7.16. The van der Waals surface area contributed by atoms with Gasteiger partial charge in [0, 0.05) is 32.9 Å². The standard InChI is InChI=1S/C60H47NO/c1-60(43-23-6-3-7-24-43)51-31-12-8-28-50(51)59-52(60)32-18-35-55(59)61(53-33-13-9-25-44(53)42-37-38-48-47-27-11-15-36-56(47)62-57(48)39-42)54-34-14-10-26-46(54)49-30-17-22-41-21-16-29-45(58(41)49)40-19-4-2-5-20-40/h3,6-18,21-40H,2,4-5,19-20H2,1H3. The van der Waals surface area contributed by atoms with Crippen molar-refractivity contribution in [1.29, 1.82) is 0 Å². The number of benzene rings is 9. The highest BCUT2D eigenvalue weighted by Gasteiger charge is 2.42. The molecule has 10 aromatic rings. The van der Waals surface area contributed by atoms with Gasteiger partial charge in [0.05, 0.1) is 17.1 Å². The molecular weight excluding hydrogens is 751 g/mol. The summed E-state index contributed by atoms with van der Waals surface area (Å²) in [4.78, 5) is 2.57. The molecule has 0 saturated heterocycles. The maximum absolute atomic E-state index is 6.51. The predicted octanol–water partition coefficient (Wildman–Crippen LogP) is 16.9. The van der Waals surface area contributed by atoms with Gasteiger partial charge < -0.3 is 9.32 Å². The van der Waals surface area contributed by atoms with Crippen LogP contribution in [0.5, 0.6) is 0 Å². The fourth-order valence-electron chi connectivity index (χ4n) is 11.2. The van der Waals surface area contributed by atoms with E-state index in [0.717, 1.165) is 50.1 Å². The lowest BCUT2D eigenvalue weighted by atomic mass is 9.74. The van der Waals surface area contributed by atoms with E-state index >= 15 is 0 Å². The second kappa shape index (κ2) is 14.8. The highest BCUT2D eigenvalue weighted by Crippen LogP contribution is 2.58. The van der Waals surface area contributed by atoms with E-state index in [4.69, 9.17) is 4.42 Å². The monoisotopic (exact) mass is 797 g/mol. The van der Waals surface area contributed by atoms with Crippen LogP contribution in [0, 0.1) is 0 Å². The summed E-state index contributed by atoms with van der Waals surface area (Å²) in [5.41, 5.74) is 17.6. The van der Waals surface area contributed by atoms with E-state index in [1.54, 1.807) is 0 Å². The first kappa shape index (κ1) is 36.7. The molecular formula is C60H47NO. The molecule has 1 atom stereocenters. The Morgan fingerprint density at radius 2 is 1.08 bits per heavy atom. The van der Waals surface area contributed by atoms with Crippen molar-refractivity contribution in [2.24, 2.45) is 0 Å². The molecule has 2 aliphatic carbocycles. The maximum atomic E-state index is 6.51. The van der Waals surface area contributed by atoms with Gasteiger partial charge in [-0.25, -0.2) is 0 Å². The number of nitrogens with zero attached hydrogens (tertiary/aromatic N) is 1. The lowest BCUT2D eigenvalue weighted by molar-refractivity contribution is 0.445. The molecule has 298 valence electrons. The zero-order valence-corrected chi connectivity index (χ0v) is 35.0. The summed E-state index contributed by atoms with van der Waals surface area (Å²) in [5.74, 6) is 0.565. The first-order valence-electron chi connectivity index (χ1n) is 22.4. The molecule has 1 aromatic heterocycles. The van der Waals surface area contributed by atoms with Gasteiger partial charge in [0.15, 0.2) is 0 Å². The van der Waals surface area contributed by atoms with Crippen molar-refractivity contribution in [3.63, 3.8) is 0 Å². The van der Waals surface area contributed by atoms with Crippen LogP contribution in [0.4, 0.5) is 17.1 Å². The zero-order valence-electron chi connectivity index (χ0n) is 35.0. The molecule has 0 N–H and O–H groups in total. The van der Waals surface area contributed by atoms with Gasteiger partial charge in [0.2, 0.25) is 0 Å². The molecule has 0 amide bonds. The minimum Gasteiger partial charge on any atom is -0.456 e. The number of hydrogen-bond donors (Lipinski definition) is 0. The van der Waals surface area contributed by atoms with E-state index in [1.165, 1.54) is 87.4 Å². The molecule has 2 nitrogen and oxygen atoms in total. The predicted molar refractivity (Wildman–Crippen MR) is 260 cm³/mol. The van der Waals surface area contributed by atoms with Gasteiger partial charge in [0.1, 0.15) is 11.2 Å². The maximum Gasteiger partial charge on any atom is 0.136 e. The van der Waals surface area contributed by atoms with E-state index < -0.39 is 0 Å². The van der Waals surface area contributed by atoms with Crippen molar-refractivity contribution < 1.29 is 4.42 Å². The summed E-state index contributed by atoms with van der Waals surface area (Å²) in [6, 6.07) is 74.2. The van der Waals surface area contributed by atoms with Crippen LogP contribution in [0.15, 0.2) is 205 Å². The molecule has 0 bridgehead atoms. The second-order valence-electron chi connectivity index (χ2n) is 17.5.